The molecule has 3 heteroatoms. The van der Waals surface area contributed by atoms with Crippen LogP contribution < -0.4 is 0 Å². The molecule has 1 aliphatic carbocycles. The summed E-state index contributed by atoms with van der Waals surface area (Å²) < 4.78 is 4.90. The Balaban J connectivity index is 2.67. The van der Waals surface area contributed by atoms with Gasteiger partial charge in [0.05, 0.1) is 13.0 Å². The average Bonchev–Trinajstić information content (AvgIpc) is 2.21. The molecule has 1 aliphatic rings. The number of ether oxygens (including phenoxy) is 1. The summed E-state index contributed by atoms with van der Waals surface area (Å²) in [5.41, 5.74) is 1.00. The van der Waals surface area contributed by atoms with E-state index in [0.717, 1.165) is 18.4 Å². The molecule has 0 bridgehead atoms. The van der Waals surface area contributed by atoms with E-state index in [-0.39, 0.29) is 30.0 Å². The summed E-state index contributed by atoms with van der Waals surface area (Å²) in [5, 5.41) is 0. The van der Waals surface area contributed by atoms with Crippen LogP contribution in [0, 0.1) is 11.8 Å². The molecule has 0 spiro atoms. The largest absolute Gasteiger partial charge is 0.466 e. The molecular weight excluding hydrogens is 204 g/mol. The van der Waals surface area contributed by atoms with Crippen molar-refractivity contribution in [1.82, 2.24) is 0 Å². The van der Waals surface area contributed by atoms with Crippen LogP contribution in [0.1, 0.15) is 39.5 Å². The van der Waals surface area contributed by atoms with E-state index in [2.05, 4.69) is 6.58 Å². The maximum absolute atomic E-state index is 11.8. The molecule has 0 N–H and O–H groups in total. The van der Waals surface area contributed by atoms with Crippen molar-refractivity contribution in [3.8, 4) is 0 Å². The van der Waals surface area contributed by atoms with Crippen LogP contribution in [0.2, 0.25) is 0 Å². The van der Waals surface area contributed by atoms with E-state index in [1.54, 1.807) is 6.92 Å². The number of hydrogen-bond acceptors (Lipinski definition) is 3. The molecule has 1 saturated carbocycles. The van der Waals surface area contributed by atoms with Crippen molar-refractivity contribution in [3.05, 3.63) is 12.2 Å². The molecule has 0 aromatic carbocycles. The number of carbonyl (C=O) groups is 2. The molecule has 0 saturated heterocycles. The van der Waals surface area contributed by atoms with E-state index >= 15 is 0 Å². The van der Waals surface area contributed by atoms with Crippen LogP contribution in [0.4, 0.5) is 0 Å². The standard InChI is InChI=1S/C13H20O3/c1-4-16-13(15)8-11-10(9(2)3)6-5-7-12(11)14/h10-11H,2,4-8H2,1,3H3/t10-,11-/m1/s1. The summed E-state index contributed by atoms with van der Waals surface area (Å²) in [6, 6.07) is 0. The van der Waals surface area contributed by atoms with Gasteiger partial charge in [-0.1, -0.05) is 12.2 Å². The third-order valence-corrected chi connectivity index (χ3v) is 3.16. The van der Waals surface area contributed by atoms with Crippen molar-refractivity contribution in [3.63, 3.8) is 0 Å². The first-order valence-corrected chi connectivity index (χ1v) is 5.90. The minimum absolute atomic E-state index is 0.158. The molecule has 0 aromatic rings. The Kier molecular flexibility index (Phi) is 4.71. The van der Waals surface area contributed by atoms with Crippen molar-refractivity contribution in [2.24, 2.45) is 11.8 Å². The summed E-state index contributed by atoms with van der Waals surface area (Å²) >= 11 is 0. The molecule has 1 fully saturated rings. The van der Waals surface area contributed by atoms with Gasteiger partial charge in [0.2, 0.25) is 0 Å². The number of Topliss-reactive ketones (excluding diaryl/α,β-unsaturated/α-hetero) is 1. The Morgan fingerprint density at radius 1 is 1.56 bits per heavy atom. The molecule has 0 amide bonds. The first kappa shape index (κ1) is 12.9. The van der Waals surface area contributed by atoms with Crippen LogP contribution in [0.25, 0.3) is 0 Å². The molecule has 3 nitrogen and oxygen atoms in total. The quantitative estimate of drug-likeness (QED) is 0.544. The monoisotopic (exact) mass is 224 g/mol. The summed E-state index contributed by atoms with van der Waals surface area (Å²) in [5.74, 6) is -0.128. The smallest absolute Gasteiger partial charge is 0.306 e. The fourth-order valence-electron chi connectivity index (χ4n) is 2.35. The van der Waals surface area contributed by atoms with Gasteiger partial charge in [-0.25, -0.2) is 0 Å². The SMILES string of the molecule is C=C(C)[C@H]1CCCC(=O)[C@@H]1CC(=O)OCC. The highest BCUT2D eigenvalue weighted by Gasteiger charge is 2.34. The van der Waals surface area contributed by atoms with Crippen molar-refractivity contribution >= 4 is 11.8 Å². The first-order chi connectivity index (χ1) is 7.56. The minimum atomic E-state index is -0.269. The van der Waals surface area contributed by atoms with E-state index < -0.39 is 0 Å². The van der Waals surface area contributed by atoms with Crippen molar-refractivity contribution in [2.45, 2.75) is 39.5 Å². The van der Waals surface area contributed by atoms with Crippen LogP contribution >= 0.6 is 0 Å². The van der Waals surface area contributed by atoms with Gasteiger partial charge in [-0.2, -0.15) is 0 Å². The fourth-order valence-corrected chi connectivity index (χ4v) is 2.35. The Labute approximate surface area is 96.9 Å². The molecule has 0 heterocycles. The van der Waals surface area contributed by atoms with Crippen molar-refractivity contribution in [1.29, 1.82) is 0 Å². The first-order valence-electron chi connectivity index (χ1n) is 5.90. The number of ketones is 1. The second-order valence-corrected chi connectivity index (χ2v) is 4.43. The highest BCUT2D eigenvalue weighted by atomic mass is 16.5. The predicted molar refractivity (Wildman–Crippen MR) is 61.9 cm³/mol. The molecule has 0 radical (unpaired) electrons. The van der Waals surface area contributed by atoms with Crippen LogP contribution in [0.3, 0.4) is 0 Å². The van der Waals surface area contributed by atoms with Gasteiger partial charge in [0.15, 0.2) is 0 Å². The molecule has 2 atom stereocenters. The van der Waals surface area contributed by atoms with Crippen LogP contribution in [-0.2, 0) is 14.3 Å². The van der Waals surface area contributed by atoms with Crippen molar-refractivity contribution in [2.75, 3.05) is 6.61 Å². The van der Waals surface area contributed by atoms with Gasteiger partial charge in [0, 0.05) is 12.3 Å². The van der Waals surface area contributed by atoms with Crippen LogP contribution in [0.5, 0.6) is 0 Å². The Morgan fingerprint density at radius 3 is 2.81 bits per heavy atom. The molecule has 90 valence electrons. The highest BCUT2D eigenvalue weighted by Crippen LogP contribution is 2.34. The lowest BCUT2D eigenvalue weighted by molar-refractivity contribution is -0.147. The van der Waals surface area contributed by atoms with Gasteiger partial charge in [0.25, 0.3) is 0 Å². The third-order valence-electron chi connectivity index (χ3n) is 3.16. The predicted octanol–water partition coefficient (Wildman–Crippen LogP) is 2.50. The molecule has 0 aromatic heterocycles. The van der Waals surface area contributed by atoms with Gasteiger partial charge in [-0.3, -0.25) is 9.59 Å². The van der Waals surface area contributed by atoms with E-state index in [0.29, 0.717) is 13.0 Å². The maximum Gasteiger partial charge on any atom is 0.306 e. The summed E-state index contributed by atoms with van der Waals surface area (Å²) in [6.07, 6.45) is 2.68. The Hall–Kier alpha value is -1.12. The molecule has 1 rings (SSSR count). The second-order valence-electron chi connectivity index (χ2n) is 4.43. The van der Waals surface area contributed by atoms with Crippen LogP contribution in [0.15, 0.2) is 12.2 Å². The lowest BCUT2D eigenvalue weighted by Gasteiger charge is -2.30. The van der Waals surface area contributed by atoms with E-state index in [4.69, 9.17) is 4.74 Å². The third kappa shape index (κ3) is 3.19. The number of rotatable bonds is 4. The number of allylic oxidation sites excluding steroid dienone is 1. The number of esters is 1. The zero-order valence-corrected chi connectivity index (χ0v) is 10.1. The van der Waals surface area contributed by atoms with Crippen LogP contribution in [-0.4, -0.2) is 18.4 Å². The van der Waals surface area contributed by atoms with Gasteiger partial charge >= 0.3 is 5.97 Å². The van der Waals surface area contributed by atoms with E-state index in [1.165, 1.54) is 0 Å². The van der Waals surface area contributed by atoms with Gasteiger partial charge in [0.1, 0.15) is 5.78 Å². The zero-order valence-electron chi connectivity index (χ0n) is 10.1. The Morgan fingerprint density at radius 2 is 2.25 bits per heavy atom. The molecular formula is C13H20O3. The fraction of sp³-hybridized carbons (Fsp3) is 0.692. The average molecular weight is 224 g/mol. The molecule has 16 heavy (non-hydrogen) atoms. The normalized spacial score (nSPS) is 25.2. The maximum atomic E-state index is 11.8. The summed E-state index contributed by atoms with van der Waals surface area (Å²) in [4.78, 5) is 23.2. The number of carbonyl (C=O) groups excluding carboxylic acids is 2. The van der Waals surface area contributed by atoms with E-state index in [1.807, 2.05) is 6.92 Å². The van der Waals surface area contributed by atoms with Gasteiger partial charge < -0.3 is 4.74 Å². The molecule has 0 aliphatic heterocycles. The molecule has 0 unspecified atom stereocenters. The Bertz CT molecular complexity index is 294. The summed E-state index contributed by atoms with van der Waals surface area (Å²) in [7, 11) is 0. The zero-order chi connectivity index (χ0) is 12.1. The number of hydrogen-bond donors (Lipinski definition) is 0. The van der Waals surface area contributed by atoms with Gasteiger partial charge in [-0.05, 0) is 32.6 Å². The highest BCUT2D eigenvalue weighted by molar-refractivity contribution is 5.86. The lowest BCUT2D eigenvalue weighted by Crippen LogP contribution is -2.31. The lowest BCUT2D eigenvalue weighted by atomic mass is 9.73. The summed E-state index contributed by atoms with van der Waals surface area (Å²) in [6.45, 7) is 7.99. The van der Waals surface area contributed by atoms with Crippen molar-refractivity contribution < 1.29 is 14.3 Å². The topological polar surface area (TPSA) is 43.4 Å². The second kappa shape index (κ2) is 5.83. The van der Waals surface area contributed by atoms with Gasteiger partial charge in [-0.15, -0.1) is 0 Å². The minimum Gasteiger partial charge on any atom is -0.466 e. The van der Waals surface area contributed by atoms with E-state index in [9.17, 15) is 9.59 Å².